The molecule has 10 nitrogen and oxygen atoms in total. The Bertz CT molecular complexity index is 1260. The fourth-order valence-electron chi connectivity index (χ4n) is 3.78. The van der Waals surface area contributed by atoms with Crippen LogP contribution in [-0.4, -0.2) is 76.2 Å². The van der Waals surface area contributed by atoms with Crippen molar-refractivity contribution in [3.63, 3.8) is 0 Å². The maximum Gasteiger partial charge on any atom is 0.203 e. The first-order valence-corrected chi connectivity index (χ1v) is 10.6. The maximum atomic E-state index is 5.69. The van der Waals surface area contributed by atoms with Crippen molar-refractivity contribution in [1.82, 2.24) is 34.3 Å². The van der Waals surface area contributed by atoms with E-state index in [1.165, 1.54) is 0 Å². The Morgan fingerprint density at radius 2 is 1.76 bits per heavy atom. The van der Waals surface area contributed by atoms with Crippen LogP contribution >= 0.6 is 0 Å². The fraction of sp³-hybridized carbons (Fsp3) is 0.391. The predicted octanol–water partition coefficient (Wildman–Crippen LogP) is 2.47. The molecule has 0 radical (unpaired) electrons. The van der Waals surface area contributed by atoms with Gasteiger partial charge in [-0.15, -0.1) is 10.2 Å². The van der Waals surface area contributed by atoms with Crippen LogP contribution in [0.25, 0.3) is 17.0 Å². The second-order valence-electron chi connectivity index (χ2n) is 7.92. The van der Waals surface area contributed by atoms with E-state index in [0.29, 0.717) is 23.8 Å². The zero-order valence-electron chi connectivity index (χ0n) is 19.9. The van der Waals surface area contributed by atoms with Crippen LogP contribution in [0.1, 0.15) is 17.2 Å². The zero-order chi connectivity index (χ0) is 23.5. The lowest BCUT2D eigenvalue weighted by molar-refractivity contribution is 0.321. The van der Waals surface area contributed by atoms with Gasteiger partial charge in [-0.25, -0.2) is 9.67 Å². The molecule has 3 heterocycles. The molecule has 3 aromatic heterocycles. The predicted molar refractivity (Wildman–Crippen MR) is 124 cm³/mol. The number of methoxy groups -OCH3 is 3. The summed E-state index contributed by atoms with van der Waals surface area (Å²) >= 11 is 0. The summed E-state index contributed by atoms with van der Waals surface area (Å²) in [7, 11) is 8.88. The molecule has 1 aromatic carbocycles. The molecule has 0 unspecified atom stereocenters. The highest BCUT2D eigenvalue weighted by Crippen LogP contribution is 2.40. The van der Waals surface area contributed by atoms with Crippen molar-refractivity contribution in [2.75, 3.05) is 42.0 Å². The van der Waals surface area contributed by atoms with Gasteiger partial charge < -0.3 is 19.1 Å². The Balaban J connectivity index is 1.83. The Labute approximate surface area is 192 Å². The summed E-state index contributed by atoms with van der Waals surface area (Å²) in [6.45, 7) is 3.20. The summed E-state index contributed by atoms with van der Waals surface area (Å²) < 4.78 is 20.5. The molecular weight excluding hydrogens is 422 g/mol. The SMILES string of the molecule is COc1ccc(Cn2nc(CCN(C)C)nc2-c2cccn3c(C)nnc23)c(OC)c1OC. The van der Waals surface area contributed by atoms with E-state index in [-0.39, 0.29) is 0 Å². The molecule has 174 valence electrons. The molecule has 0 aliphatic heterocycles. The minimum Gasteiger partial charge on any atom is -0.493 e. The molecule has 0 fully saturated rings. The van der Waals surface area contributed by atoms with E-state index in [2.05, 4.69) is 15.1 Å². The zero-order valence-corrected chi connectivity index (χ0v) is 19.9. The van der Waals surface area contributed by atoms with Gasteiger partial charge in [-0.3, -0.25) is 4.40 Å². The molecule has 0 spiro atoms. The molecule has 0 amide bonds. The minimum absolute atomic E-state index is 0.433. The summed E-state index contributed by atoms with van der Waals surface area (Å²) in [5, 5.41) is 13.4. The van der Waals surface area contributed by atoms with Crippen LogP contribution < -0.4 is 14.2 Å². The summed E-state index contributed by atoms with van der Waals surface area (Å²) in [4.78, 5) is 7.00. The molecule has 4 rings (SSSR count). The van der Waals surface area contributed by atoms with Gasteiger partial charge in [-0.05, 0) is 45.3 Å². The van der Waals surface area contributed by atoms with E-state index in [9.17, 15) is 0 Å². The lowest BCUT2D eigenvalue weighted by Crippen LogP contribution is -2.15. The van der Waals surface area contributed by atoms with E-state index in [0.717, 1.165) is 47.2 Å². The summed E-state index contributed by atoms with van der Waals surface area (Å²) in [6.07, 6.45) is 2.67. The van der Waals surface area contributed by atoms with Crippen molar-refractivity contribution in [3.8, 4) is 28.6 Å². The van der Waals surface area contributed by atoms with Crippen molar-refractivity contribution >= 4 is 5.65 Å². The van der Waals surface area contributed by atoms with Gasteiger partial charge in [0, 0.05) is 24.7 Å². The molecular formula is C23H29N7O3. The molecule has 0 saturated heterocycles. The number of benzene rings is 1. The quantitative estimate of drug-likeness (QED) is 0.383. The Kier molecular flexibility index (Phi) is 6.45. The van der Waals surface area contributed by atoms with E-state index in [1.807, 2.05) is 60.6 Å². The summed E-state index contributed by atoms with van der Waals surface area (Å²) in [6, 6.07) is 7.77. The number of hydrogen-bond donors (Lipinski definition) is 0. The van der Waals surface area contributed by atoms with E-state index in [1.54, 1.807) is 21.3 Å². The van der Waals surface area contributed by atoms with Crippen LogP contribution in [0.15, 0.2) is 30.5 Å². The van der Waals surface area contributed by atoms with Crippen molar-refractivity contribution in [2.24, 2.45) is 0 Å². The molecule has 0 saturated carbocycles. The number of aryl methyl sites for hydroxylation is 1. The summed E-state index contributed by atoms with van der Waals surface area (Å²) in [5.41, 5.74) is 2.49. The standard InChI is InChI=1S/C23H29N7O3/c1-15-25-26-23-17(8-7-12-29(15)23)22-24-19(11-13-28(2)3)27-30(22)14-16-9-10-18(31-4)21(33-6)20(16)32-5/h7-10,12H,11,13-14H2,1-6H3. The maximum absolute atomic E-state index is 5.69. The van der Waals surface area contributed by atoms with Crippen LogP contribution in [0.4, 0.5) is 0 Å². The highest BCUT2D eigenvalue weighted by Gasteiger charge is 2.21. The number of fused-ring (bicyclic) bond motifs is 1. The normalized spacial score (nSPS) is 11.4. The fourth-order valence-corrected chi connectivity index (χ4v) is 3.78. The highest BCUT2D eigenvalue weighted by atomic mass is 16.5. The average Bonchev–Trinajstić information content (AvgIpc) is 3.40. The van der Waals surface area contributed by atoms with Gasteiger partial charge in [-0.1, -0.05) is 0 Å². The van der Waals surface area contributed by atoms with Gasteiger partial charge >= 0.3 is 0 Å². The van der Waals surface area contributed by atoms with Crippen molar-refractivity contribution in [2.45, 2.75) is 19.9 Å². The highest BCUT2D eigenvalue weighted by molar-refractivity contribution is 5.73. The lowest BCUT2D eigenvalue weighted by Gasteiger charge is -2.16. The topological polar surface area (TPSA) is 91.8 Å². The van der Waals surface area contributed by atoms with Crippen LogP contribution in [0, 0.1) is 6.92 Å². The molecule has 0 aliphatic rings. The van der Waals surface area contributed by atoms with Crippen LogP contribution in [0.5, 0.6) is 17.2 Å². The van der Waals surface area contributed by atoms with Gasteiger partial charge in [0.15, 0.2) is 28.8 Å². The van der Waals surface area contributed by atoms with Gasteiger partial charge in [-0.2, -0.15) is 5.10 Å². The number of ether oxygens (including phenoxy) is 3. The molecule has 10 heteroatoms. The number of nitrogens with zero attached hydrogens (tertiary/aromatic N) is 7. The van der Waals surface area contributed by atoms with Crippen LogP contribution in [0.2, 0.25) is 0 Å². The Morgan fingerprint density at radius 1 is 0.970 bits per heavy atom. The number of rotatable bonds is 9. The van der Waals surface area contributed by atoms with E-state index < -0.39 is 0 Å². The summed E-state index contributed by atoms with van der Waals surface area (Å²) in [5.74, 6) is 4.04. The number of hydrogen-bond acceptors (Lipinski definition) is 8. The van der Waals surface area contributed by atoms with Crippen molar-refractivity contribution < 1.29 is 14.2 Å². The van der Waals surface area contributed by atoms with Gasteiger partial charge in [0.25, 0.3) is 0 Å². The van der Waals surface area contributed by atoms with E-state index in [4.69, 9.17) is 24.3 Å². The molecule has 0 bridgehead atoms. The van der Waals surface area contributed by atoms with Gasteiger partial charge in [0.1, 0.15) is 5.82 Å². The number of pyridine rings is 1. The second-order valence-corrected chi connectivity index (χ2v) is 7.92. The van der Waals surface area contributed by atoms with Crippen LogP contribution in [-0.2, 0) is 13.0 Å². The monoisotopic (exact) mass is 451 g/mol. The smallest absolute Gasteiger partial charge is 0.203 e. The molecule has 4 aromatic rings. The first kappa shape index (κ1) is 22.5. The molecule has 0 atom stereocenters. The molecule has 33 heavy (non-hydrogen) atoms. The molecule has 0 aliphatic carbocycles. The third-order valence-corrected chi connectivity index (χ3v) is 5.45. The first-order valence-electron chi connectivity index (χ1n) is 10.6. The molecule has 0 N–H and O–H groups in total. The van der Waals surface area contributed by atoms with Crippen molar-refractivity contribution in [3.05, 3.63) is 47.7 Å². The average molecular weight is 452 g/mol. The van der Waals surface area contributed by atoms with Crippen molar-refractivity contribution in [1.29, 1.82) is 0 Å². The number of likely N-dealkylation sites (N-methyl/N-ethyl adjacent to an activating group) is 1. The third kappa shape index (κ3) is 4.34. The van der Waals surface area contributed by atoms with Gasteiger partial charge in [0.05, 0.1) is 33.4 Å². The first-order chi connectivity index (χ1) is 16.0. The Morgan fingerprint density at radius 3 is 2.45 bits per heavy atom. The Hall–Kier alpha value is -3.66. The van der Waals surface area contributed by atoms with E-state index >= 15 is 0 Å². The minimum atomic E-state index is 0.433. The van der Waals surface area contributed by atoms with Gasteiger partial charge in [0.2, 0.25) is 5.75 Å². The third-order valence-electron chi connectivity index (χ3n) is 5.45. The lowest BCUT2D eigenvalue weighted by atomic mass is 10.1. The number of aromatic nitrogens is 6. The van der Waals surface area contributed by atoms with Crippen LogP contribution in [0.3, 0.4) is 0 Å². The second kappa shape index (κ2) is 9.45. The largest absolute Gasteiger partial charge is 0.493 e.